The van der Waals surface area contributed by atoms with E-state index >= 15 is 0 Å². The summed E-state index contributed by atoms with van der Waals surface area (Å²) in [4.78, 5) is 0. The van der Waals surface area contributed by atoms with Gasteiger partial charge in [0.25, 0.3) is 0 Å². The van der Waals surface area contributed by atoms with Crippen LogP contribution in [0.1, 0.15) is 22.3 Å². The summed E-state index contributed by atoms with van der Waals surface area (Å²) in [5.41, 5.74) is 7.68. The van der Waals surface area contributed by atoms with Gasteiger partial charge in [-0.1, -0.05) is 103 Å². The molecule has 0 heteroatoms. The standard InChI is InChI=1S/C25H17/c1-3-11-19(12-4-1)25(20-13-5-2-6-14-20)23-17-9-7-15-21(23)22-16-8-10-18-24(22)25/h1,3-18H. The Balaban J connectivity index is 1.98. The van der Waals surface area contributed by atoms with Crippen LogP contribution in [0.4, 0.5) is 0 Å². The van der Waals surface area contributed by atoms with Gasteiger partial charge in [0, 0.05) is 0 Å². The maximum absolute atomic E-state index is 3.17. The van der Waals surface area contributed by atoms with Crippen LogP contribution >= 0.6 is 0 Å². The van der Waals surface area contributed by atoms with Gasteiger partial charge in [-0.15, -0.1) is 0 Å². The lowest BCUT2D eigenvalue weighted by Crippen LogP contribution is -2.28. The van der Waals surface area contributed by atoms with Crippen LogP contribution in [0.2, 0.25) is 0 Å². The predicted molar refractivity (Wildman–Crippen MR) is 103 cm³/mol. The Morgan fingerprint density at radius 1 is 0.480 bits per heavy atom. The summed E-state index contributed by atoms with van der Waals surface area (Å²) < 4.78 is 0. The van der Waals surface area contributed by atoms with E-state index in [2.05, 4.69) is 97.1 Å². The lowest BCUT2D eigenvalue weighted by Gasteiger charge is -2.33. The maximum atomic E-state index is 3.17. The molecule has 117 valence electrons. The zero-order chi connectivity index (χ0) is 16.7. The van der Waals surface area contributed by atoms with E-state index < -0.39 is 0 Å². The van der Waals surface area contributed by atoms with Gasteiger partial charge in [0.2, 0.25) is 0 Å². The molecule has 5 rings (SSSR count). The number of hydrogen-bond acceptors (Lipinski definition) is 0. The minimum atomic E-state index is -0.274. The first-order chi connectivity index (χ1) is 12.4. The Morgan fingerprint density at radius 3 is 1.56 bits per heavy atom. The SMILES string of the molecule is [c]1ccc(C2(c3ccccc3)c3ccccc3-c3ccccc32)cc1. The molecule has 0 amide bonds. The highest BCUT2D eigenvalue weighted by Crippen LogP contribution is 2.55. The van der Waals surface area contributed by atoms with Crippen molar-refractivity contribution in [3.63, 3.8) is 0 Å². The molecule has 0 unspecified atom stereocenters. The van der Waals surface area contributed by atoms with Crippen molar-refractivity contribution in [1.29, 1.82) is 0 Å². The van der Waals surface area contributed by atoms with E-state index in [0.717, 1.165) is 0 Å². The predicted octanol–water partition coefficient (Wildman–Crippen LogP) is 5.85. The average molecular weight is 317 g/mol. The first-order valence-corrected chi connectivity index (χ1v) is 8.64. The second kappa shape index (κ2) is 5.46. The van der Waals surface area contributed by atoms with Crippen molar-refractivity contribution < 1.29 is 0 Å². The fourth-order valence-corrected chi connectivity index (χ4v) is 4.35. The van der Waals surface area contributed by atoms with E-state index in [1.807, 2.05) is 12.1 Å². The third-order valence-electron chi connectivity index (χ3n) is 5.31. The minimum Gasteiger partial charge on any atom is -0.0622 e. The number of rotatable bonds is 2. The van der Waals surface area contributed by atoms with Crippen molar-refractivity contribution in [3.05, 3.63) is 131 Å². The van der Waals surface area contributed by atoms with Crippen molar-refractivity contribution in [1.82, 2.24) is 0 Å². The number of hydrogen-bond donors (Lipinski definition) is 0. The second-order valence-electron chi connectivity index (χ2n) is 6.50. The van der Waals surface area contributed by atoms with Crippen LogP contribution in [0.25, 0.3) is 11.1 Å². The second-order valence-corrected chi connectivity index (χ2v) is 6.50. The van der Waals surface area contributed by atoms with Crippen LogP contribution in [-0.2, 0) is 5.41 Å². The summed E-state index contributed by atoms with van der Waals surface area (Å²) in [7, 11) is 0. The highest BCUT2D eigenvalue weighted by atomic mass is 14.5. The summed E-state index contributed by atoms with van der Waals surface area (Å²) in [5, 5.41) is 0. The van der Waals surface area contributed by atoms with Crippen molar-refractivity contribution in [2.45, 2.75) is 5.41 Å². The molecule has 0 saturated carbocycles. The molecular weight excluding hydrogens is 300 g/mol. The van der Waals surface area contributed by atoms with Crippen LogP contribution in [0.5, 0.6) is 0 Å². The third-order valence-corrected chi connectivity index (χ3v) is 5.31. The topological polar surface area (TPSA) is 0 Å². The monoisotopic (exact) mass is 317 g/mol. The van der Waals surface area contributed by atoms with Gasteiger partial charge in [0.15, 0.2) is 0 Å². The first-order valence-electron chi connectivity index (χ1n) is 8.64. The van der Waals surface area contributed by atoms with Crippen LogP contribution < -0.4 is 0 Å². The lowest BCUT2D eigenvalue weighted by atomic mass is 9.68. The lowest BCUT2D eigenvalue weighted by molar-refractivity contribution is 0.768. The summed E-state index contributed by atoms with van der Waals surface area (Å²) in [5.74, 6) is 0. The Labute approximate surface area is 148 Å². The smallest absolute Gasteiger partial charge is 0.0622 e. The average Bonchev–Trinajstić information content (AvgIpc) is 3.01. The molecule has 1 radical (unpaired) electrons. The molecule has 25 heavy (non-hydrogen) atoms. The molecule has 0 fully saturated rings. The van der Waals surface area contributed by atoms with Gasteiger partial charge in [0.1, 0.15) is 0 Å². The molecule has 0 nitrogen and oxygen atoms in total. The van der Waals surface area contributed by atoms with Gasteiger partial charge in [-0.05, 0) is 39.4 Å². The van der Waals surface area contributed by atoms with E-state index in [4.69, 9.17) is 0 Å². The first kappa shape index (κ1) is 14.2. The highest BCUT2D eigenvalue weighted by molar-refractivity contribution is 5.86. The zero-order valence-corrected chi connectivity index (χ0v) is 13.8. The Bertz CT molecular complexity index is 943. The number of fused-ring (bicyclic) bond motifs is 3. The highest BCUT2D eigenvalue weighted by Gasteiger charge is 2.45. The van der Waals surface area contributed by atoms with Crippen LogP contribution in [0, 0.1) is 6.07 Å². The van der Waals surface area contributed by atoms with Crippen molar-refractivity contribution >= 4 is 0 Å². The molecule has 1 aliphatic carbocycles. The van der Waals surface area contributed by atoms with E-state index in [9.17, 15) is 0 Å². The van der Waals surface area contributed by atoms with E-state index in [0.29, 0.717) is 0 Å². The fourth-order valence-electron chi connectivity index (χ4n) is 4.35. The van der Waals surface area contributed by atoms with Gasteiger partial charge in [-0.2, -0.15) is 0 Å². The molecule has 1 aliphatic rings. The minimum absolute atomic E-state index is 0.274. The van der Waals surface area contributed by atoms with Crippen molar-refractivity contribution in [2.24, 2.45) is 0 Å². The molecule has 0 spiro atoms. The summed E-state index contributed by atoms with van der Waals surface area (Å²) in [6.07, 6.45) is 0. The molecule has 0 N–H and O–H groups in total. The fraction of sp³-hybridized carbons (Fsp3) is 0.0400. The van der Waals surface area contributed by atoms with Gasteiger partial charge in [0.05, 0.1) is 5.41 Å². The summed E-state index contributed by atoms with van der Waals surface area (Å²) in [6, 6.07) is 40.1. The van der Waals surface area contributed by atoms with Gasteiger partial charge >= 0.3 is 0 Å². The molecule has 0 bridgehead atoms. The molecular formula is C25H17. The van der Waals surface area contributed by atoms with Crippen molar-refractivity contribution in [2.75, 3.05) is 0 Å². The molecule has 0 heterocycles. The summed E-state index contributed by atoms with van der Waals surface area (Å²) >= 11 is 0. The molecule has 0 atom stereocenters. The number of benzene rings is 4. The maximum Gasteiger partial charge on any atom is 0.0713 e. The van der Waals surface area contributed by atoms with Gasteiger partial charge in [-0.25, -0.2) is 0 Å². The molecule has 0 saturated heterocycles. The quantitative estimate of drug-likeness (QED) is 0.383. The normalized spacial score (nSPS) is 13.9. The Morgan fingerprint density at radius 2 is 0.960 bits per heavy atom. The van der Waals surface area contributed by atoms with E-state index in [-0.39, 0.29) is 5.41 Å². The van der Waals surface area contributed by atoms with Crippen LogP contribution in [-0.4, -0.2) is 0 Å². The Hall–Kier alpha value is -3.12. The largest absolute Gasteiger partial charge is 0.0713 e. The molecule has 4 aromatic rings. The van der Waals surface area contributed by atoms with Crippen LogP contribution in [0.15, 0.2) is 103 Å². The van der Waals surface area contributed by atoms with Gasteiger partial charge in [-0.3, -0.25) is 0 Å². The zero-order valence-electron chi connectivity index (χ0n) is 13.8. The van der Waals surface area contributed by atoms with Crippen LogP contribution in [0.3, 0.4) is 0 Å². The third kappa shape index (κ3) is 1.88. The summed E-state index contributed by atoms with van der Waals surface area (Å²) in [6.45, 7) is 0. The van der Waals surface area contributed by atoms with Gasteiger partial charge < -0.3 is 0 Å². The molecule has 0 aliphatic heterocycles. The van der Waals surface area contributed by atoms with Crippen molar-refractivity contribution in [3.8, 4) is 11.1 Å². The van der Waals surface area contributed by atoms with E-state index in [1.54, 1.807) is 0 Å². The molecule has 4 aromatic carbocycles. The van der Waals surface area contributed by atoms with E-state index in [1.165, 1.54) is 33.4 Å². The molecule has 0 aromatic heterocycles. The Kier molecular flexibility index (Phi) is 3.11.